The lowest BCUT2D eigenvalue weighted by molar-refractivity contribution is -0.116. The number of carbonyl (C=O) groups is 1. The topological polar surface area (TPSA) is 82.2 Å². The van der Waals surface area contributed by atoms with Crippen LogP contribution in [0, 0.1) is 0 Å². The standard InChI is InChI=1S/C23H20N4O3/c1-27-23-21(22(26-27)17-5-3-4-12-24-17)16(13-20(28)25-23)19-11-10-18(30-19)14-6-8-15(29-2)9-7-14/h3-12,16H,13H2,1-2H3,(H,25,28). The maximum atomic E-state index is 12.4. The molecule has 7 nitrogen and oxygen atoms in total. The van der Waals surface area contributed by atoms with Crippen molar-refractivity contribution in [3.63, 3.8) is 0 Å². The predicted molar refractivity (Wildman–Crippen MR) is 112 cm³/mol. The minimum atomic E-state index is -0.244. The fourth-order valence-corrected chi connectivity index (χ4v) is 3.87. The Bertz CT molecular complexity index is 1210. The van der Waals surface area contributed by atoms with Crippen molar-refractivity contribution < 1.29 is 13.9 Å². The van der Waals surface area contributed by atoms with Gasteiger partial charge in [-0.1, -0.05) is 6.07 Å². The number of hydrogen-bond donors (Lipinski definition) is 1. The van der Waals surface area contributed by atoms with Crippen LogP contribution in [-0.2, 0) is 11.8 Å². The molecule has 0 bridgehead atoms. The molecule has 4 heterocycles. The minimum absolute atomic E-state index is 0.0644. The van der Waals surface area contributed by atoms with Crippen LogP contribution in [0.1, 0.15) is 23.7 Å². The highest BCUT2D eigenvalue weighted by atomic mass is 16.5. The monoisotopic (exact) mass is 400 g/mol. The Balaban J connectivity index is 1.58. The van der Waals surface area contributed by atoms with E-state index in [0.717, 1.165) is 39.8 Å². The molecule has 1 amide bonds. The summed E-state index contributed by atoms with van der Waals surface area (Å²) in [5, 5.41) is 7.59. The van der Waals surface area contributed by atoms with Gasteiger partial charge in [-0.15, -0.1) is 0 Å². The van der Waals surface area contributed by atoms with Crippen LogP contribution >= 0.6 is 0 Å². The summed E-state index contributed by atoms with van der Waals surface area (Å²) in [6.45, 7) is 0. The van der Waals surface area contributed by atoms with Crippen LogP contribution < -0.4 is 10.1 Å². The first kappa shape index (κ1) is 18.2. The molecule has 150 valence electrons. The molecule has 30 heavy (non-hydrogen) atoms. The van der Waals surface area contributed by atoms with Crippen LogP contribution in [0.4, 0.5) is 5.82 Å². The number of nitrogens with one attached hydrogen (secondary N) is 1. The highest BCUT2D eigenvalue weighted by molar-refractivity contribution is 5.96. The van der Waals surface area contributed by atoms with Gasteiger partial charge in [0.1, 0.15) is 28.8 Å². The summed E-state index contributed by atoms with van der Waals surface area (Å²) in [7, 11) is 3.46. The van der Waals surface area contributed by atoms with Gasteiger partial charge in [0.25, 0.3) is 0 Å². The second-order valence-electron chi connectivity index (χ2n) is 7.18. The lowest BCUT2D eigenvalue weighted by atomic mass is 9.89. The van der Waals surface area contributed by atoms with Crippen molar-refractivity contribution in [3.05, 3.63) is 72.1 Å². The number of hydrogen-bond acceptors (Lipinski definition) is 5. The van der Waals surface area contributed by atoms with Gasteiger partial charge in [0.2, 0.25) is 5.91 Å². The number of aromatic nitrogens is 3. The third kappa shape index (κ3) is 3.04. The maximum absolute atomic E-state index is 12.4. The summed E-state index contributed by atoms with van der Waals surface area (Å²) >= 11 is 0. The van der Waals surface area contributed by atoms with Gasteiger partial charge in [-0.2, -0.15) is 5.10 Å². The molecule has 0 saturated carbocycles. The van der Waals surface area contributed by atoms with Gasteiger partial charge in [-0.3, -0.25) is 14.5 Å². The largest absolute Gasteiger partial charge is 0.497 e. The first-order chi connectivity index (χ1) is 14.6. The summed E-state index contributed by atoms with van der Waals surface area (Å²) in [6.07, 6.45) is 2.02. The molecule has 1 aromatic carbocycles. The Hall–Kier alpha value is -3.87. The highest BCUT2D eigenvalue weighted by Gasteiger charge is 2.35. The van der Waals surface area contributed by atoms with Gasteiger partial charge in [0.05, 0.1) is 18.7 Å². The van der Waals surface area contributed by atoms with Crippen LogP contribution in [0.15, 0.2) is 65.2 Å². The second kappa shape index (κ2) is 7.18. The fraction of sp³-hybridized carbons (Fsp3) is 0.174. The summed E-state index contributed by atoms with van der Waals surface area (Å²) in [6, 6.07) is 17.3. The zero-order valence-corrected chi connectivity index (χ0v) is 16.6. The zero-order valence-electron chi connectivity index (χ0n) is 16.6. The average molecular weight is 400 g/mol. The van der Waals surface area contributed by atoms with Crippen LogP contribution in [-0.4, -0.2) is 27.8 Å². The van der Waals surface area contributed by atoms with E-state index in [4.69, 9.17) is 9.15 Å². The predicted octanol–water partition coefficient (Wildman–Crippen LogP) is 4.22. The van der Waals surface area contributed by atoms with Gasteiger partial charge in [-0.05, 0) is 48.5 Å². The van der Waals surface area contributed by atoms with E-state index in [2.05, 4.69) is 15.4 Å². The molecule has 7 heteroatoms. The molecular weight excluding hydrogens is 380 g/mol. The van der Waals surface area contributed by atoms with E-state index >= 15 is 0 Å². The van der Waals surface area contributed by atoms with E-state index in [0.29, 0.717) is 5.82 Å². The first-order valence-corrected chi connectivity index (χ1v) is 9.66. The van der Waals surface area contributed by atoms with Crippen molar-refractivity contribution in [2.45, 2.75) is 12.3 Å². The molecule has 0 fully saturated rings. The lowest BCUT2D eigenvalue weighted by Crippen LogP contribution is -2.24. The Kier molecular flexibility index (Phi) is 4.35. The number of ether oxygens (including phenoxy) is 1. The molecule has 1 unspecified atom stereocenters. The van der Waals surface area contributed by atoms with Crippen molar-refractivity contribution in [1.29, 1.82) is 0 Å². The number of carbonyl (C=O) groups excluding carboxylic acids is 1. The quantitative estimate of drug-likeness (QED) is 0.554. The van der Waals surface area contributed by atoms with E-state index in [1.807, 2.05) is 61.6 Å². The number of nitrogens with zero attached hydrogens (tertiary/aromatic N) is 3. The molecular formula is C23H20N4O3. The van der Waals surface area contributed by atoms with Crippen molar-refractivity contribution in [1.82, 2.24) is 14.8 Å². The number of rotatable bonds is 4. The number of fused-ring (bicyclic) bond motifs is 1. The van der Waals surface area contributed by atoms with Gasteiger partial charge in [0.15, 0.2) is 0 Å². The molecule has 1 aliphatic rings. The van der Waals surface area contributed by atoms with Crippen LogP contribution in [0.25, 0.3) is 22.7 Å². The fourth-order valence-electron chi connectivity index (χ4n) is 3.87. The minimum Gasteiger partial charge on any atom is -0.497 e. The number of pyridine rings is 1. The summed E-state index contributed by atoms with van der Waals surface area (Å²) in [5.41, 5.74) is 3.38. The molecule has 3 aromatic heterocycles. The molecule has 0 spiro atoms. The van der Waals surface area contributed by atoms with Crippen LogP contribution in [0.2, 0.25) is 0 Å². The van der Waals surface area contributed by atoms with Crippen molar-refractivity contribution in [3.8, 4) is 28.5 Å². The molecule has 1 N–H and O–H groups in total. The van der Waals surface area contributed by atoms with E-state index in [1.54, 1.807) is 18.0 Å². The van der Waals surface area contributed by atoms with Gasteiger partial charge in [-0.25, -0.2) is 0 Å². The van der Waals surface area contributed by atoms with Crippen molar-refractivity contribution >= 4 is 11.7 Å². The summed E-state index contributed by atoms with van der Waals surface area (Å²) < 4.78 is 13.1. The SMILES string of the molecule is COc1ccc(-c2ccc(C3CC(=O)Nc4c3c(-c3ccccn3)nn4C)o2)cc1. The smallest absolute Gasteiger partial charge is 0.226 e. The number of aryl methyl sites for hydroxylation is 1. The normalized spacial score (nSPS) is 15.5. The van der Waals surface area contributed by atoms with Gasteiger partial charge >= 0.3 is 0 Å². The molecule has 4 aromatic rings. The molecule has 0 saturated heterocycles. The Morgan fingerprint density at radius 2 is 1.97 bits per heavy atom. The zero-order chi connectivity index (χ0) is 20.7. The average Bonchev–Trinajstić information content (AvgIpc) is 3.40. The first-order valence-electron chi connectivity index (χ1n) is 9.66. The Labute approximate surface area is 173 Å². The maximum Gasteiger partial charge on any atom is 0.226 e. The van der Waals surface area contributed by atoms with Crippen molar-refractivity contribution in [2.75, 3.05) is 12.4 Å². The van der Waals surface area contributed by atoms with Gasteiger partial charge in [0, 0.05) is 30.8 Å². The number of anilines is 1. The number of methoxy groups -OCH3 is 1. The van der Waals surface area contributed by atoms with Gasteiger partial charge < -0.3 is 14.5 Å². The molecule has 0 radical (unpaired) electrons. The molecule has 1 atom stereocenters. The van der Waals surface area contributed by atoms with Crippen molar-refractivity contribution in [2.24, 2.45) is 7.05 Å². The summed E-state index contributed by atoms with van der Waals surface area (Å²) in [4.78, 5) is 16.9. The van der Waals surface area contributed by atoms with Crippen LogP contribution in [0.5, 0.6) is 5.75 Å². The number of furan rings is 1. The third-order valence-corrected chi connectivity index (χ3v) is 5.33. The van der Waals surface area contributed by atoms with E-state index in [9.17, 15) is 4.79 Å². The summed E-state index contributed by atoms with van der Waals surface area (Å²) in [5.74, 6) is 2.62. The van der Waals surface area contributed by atoms with E-state index < -0.39 is 0 Å². The Morgan fingerprint density at radius 3 is 2.70 bits per heavy atom. The molecule has 5 rings (SSSR count). The number of amides is 1. The lowest BCUT2D eigenvalue weighted by Gasteiger charge is -2.22. The van der Waals surface area contributed by atoms with E-state index in [-0.39, 0.29) is 18.2 Å². The molecule has 1 aliphatic heterocycles. The highest BCUT2D eigenvalue weighted by Crippen LogP contribution is 2.43. The third-order valence-electron chi connectivity index (χ3n) is 5.33. The Morgan fingerprint density at radius 1 is 1.13 bits per heavy atom. The molecule has 0 aliphatic carbocycles. The number of benzene rings is 1. The van der Waals surface area contributed by atoms with E-state index in [1.165, 1.54) is 0 Å². The van der Waals surface area contributed by atoms with Crippen LogP contribution in [0.3, 0.4) is 0 Å². The second-order valence-corrected chi connectivity index (χ2v) is 7.18.